The Kier molecular flexibility index (Phi) is 5.28. The fourth-order valence-corrected chi connectivity index (χ4v) is 3.02. The van der Waals surface area contributed by atoms with Gasteiger partial charge in [0, 0.05) is 35.3 Å². The van der Waals surface area contributed by atoms with E-state index in [1.54, 1.807) is 0 Å². The summed E-state index contributed by atoms with van der Waals surface area (Å²) in [5, 5.41) is 3.88. The first-order chi connectivity index (χ1) is 9.16. The third-order valence-corrected chi connectivity index (χ3v) is 4.12. The summed E-state index contributed by atoms with van der Waals surface area (Å²) >= 11 is 1.82. The van der Waals surface area contributed by atoms with Crippen molar-refractivity contribution in [3.8, 4) is 0 Å². The lowest BCUT2D eigenvalue weighted by Gasteiger charge is -2.20. The molecular formula is C15H22N2OS. The number of carbonyl (C=O) groups excluding carboxylic acids is 1. The zero-order chi connectivity index (χ0) is 13.7. The second-order valence-corrected chi connectivity index (χ2v) is 6.74. The average Bonchev–Trinajstić information content (AvgIpc) is 2.67. The summed E-state index contributed by atoms with van der Waals surface area (Å²) in [6, 6.07) is 8.00. The maximum absolute atomic E-state index is 12.4. The first-order valence-electron chi connectivity index (χ1n) is 6.93. The quantitative estimate of drug-likeness (QED) is 0.863. The number of hydrogen-bond donors (Lipinski definition) is 1. The van der Waals surface area contributed by atoms with E-state index in [0.29, 0.717) is 5.25 Å². The van der Waals surface area contributed by atoms with Crippen molar-refractivity contribution in [2.24, 2.45) is 0 Å². The molecule has 0 saturated carbocycles. The summed E-state index contributed by atoms with van der Waals surface area (Å²) in [4.78, 5) is 15.6. The van der Waals surface area contributed by atoms with E-state index in [1.165, 1.54) is 4.90 Å². The van der Waals surface area contributed by atoms with E-state index in [1.807, 2.05) is 40.9 Å². The van der Waals surface area contributed by atoms with Gasteiger partial charge in [0.2, 0.25) is 0 Å². The van der Waals surface area contributed by atoms with Crippen LogP contribution in [-0.2, 0) is 0 Å². The van der Waals surface area contributed by atoms with Gasteiger partial charge in [-0.05, 0) is 37.2 Å². The van der Waals surface area contributed by atoms with Crippen molar-refractivity contribution < 1.29 is 4.79 Å². The van der Waals surface area contributed by atoms with E-state index in [2.05, 4.69) is 19.2 Å². The molecule has 0 aromatic heterocycles. The molecule has 0 radical (unpaired) electrons. The number of benzene rings is 1. The van der Waals surface area contributed by atoms with Gasteiger partial charge >= 0.3 is 0 Å². The predicted molar refractivity (Wildman–Crippen MR) is 80.8 cm³/mol. The van der Waals surface area contributed by atoms with E-state index in [9.17, 15) is 4.79 Å². The highest BCUT2D eigenvalue weighted by molar-refractivity contribution is 7.99. The molecule has 1 fully saturated rings. The molecule has 1 aliphatic heterocycles. The summed E-state index contributed by atoms with van der Waals surface area (Å²) in [6.45, 7) is 7.92. The number of hydrogen-bond acceptors (Lipinski definition) is 3. The maximum atomic E-state index is 12.4. The first-order valence-corrected chi connectivity index (χ1v) is 7.81. The third-order valence-electron chi connectivity index (χ3n) is 3.10. The van der Waals surface area contributed by atoms with Crippen LogP contribution < -0.4 is 5.32 Å². The standard InChI is InChI=1S/C15H22N2OS/c1-12(2)19-14-6-4-13(5-7-14)15(18)17-10-3-8-16-9-11-17/h4-7,12,16H,3,8-11H2,1-2H3. The number of nitrogens with one attached hydrogen (secondary N) is 1. The van der Waals surface area contributed by atoms with Crippen LogP contribution in [0.25, 0.3) is 0 Å². The molecule has 104 valence electrons. The molecule has 4 heteroatoms. The maximum Gasteiger partial charge on any atom is 0.253 e. The Balaban J connectivity index is 2.02. The molecular weight excluding hydrogens is 256 g/mol. The van der Waals surface area contributed by atoms with Crippen LogP contribution in [0.15, 0.2) is 29.2 Å². The summed E-state index contributed by atoms with van der Waals surface area (Å²) in [5.41, 5.74) is 0.801. The Hall–Kier alpha value is -1.00. The highest BCUT2D eigenvalue weighted by Gasteiger charge is 2.16. The van der Waals surface area contributed by atoms with Crippen LogP contribution in [0.1, 0.15) is 30.6 Å². The van der Waals surface area contributed by atoms with Gasteiger partial charge in [-0.3, -0.25) is 4.79 Å². The highest BCUT2D eigenvalue weighted by atomic mass is 32.2. The van der Waals surface area contributed by atoms with Gasteiger partial charge < -0.3 is 10.2 Å². The van der Waals surface area contributed by atoms with Crippen LogP contribution in [0, 0.1) is 0 Å². The minimum atomic E-state index is 0.157. The molecule has 1 heterocycles. The summed E-state index contributed by atoms with van der Waals surface area (Å²) in [6.07, 6.45) is 1.03. The van der Waals surface area contributed by atoms with E-state index >= 15 is 0 Å². The zero-order valence-corrected chi connectivity index (χ0v) is 12.5. The fraction of sp³-hybridized carbons (Fsp3) is 0.533. The van der Waals surface area contributed by atoms with Crippen molar-refractivity contribution in [3.05, 3.63) is 29.8 Å². The summed E-state index contributed by atoms with van der Waals surface area (Å²) < 4.78 is 0. The molecule has 1 aliphatic rings. The first kappa shape index (κ1) is 14.4. The molecule has 0 aliphatic carbocycles. The predicted octanol–water partition coefficient (Wildman–Crippen LogP) is 2.62. The second-order valence-electron chi connectivity index (χ2n) is 5.09. The molecule has 0 unspecified atom stereocenters. The third kappa shape index (κ3) is 4.25. The van der Waals surface area contributed by atoms with Crippen molar-refractivity contribution in [2.75, 3.05) is 26.2 Å². The van der Waals surface area contributed by atoms with Gasteiger partial charge in [0.05, 0.1) is 0 Å². The smallest absolute Gasteiger partial charge is 0.253 e. The van der Waals surface area contributed by atoms with E-state index in [0.717, 1.165) is 38.2 Å². The Labute approximate surface area is 119 Å². The summed E-state index contributed by atoms with van der Waals surface area (Å²) in [5.74, 6) is 0.157. The number of amides is 1. The van der Waals surface area contributed by atoms with Crippen LogP contribution in [0.3, 0.4) is 0 Å². The molecule has 19 heavy (non-hydrogen) atoms. The fourth-order valence-electron chi connectivity index (χ4n) is 2.18. The second kappa shape index (κ2) is 6.96. The van der Waals surface area contributed by atoms with Crippen molar-refractivity contribution >= 4 is 17.7 Å². The minimum absolute atomic E-state index is 0.157. The van der Waals surface area contributed by atoms with Gasteiger partial charge in [-0.25, -0.2) is 0 Å². The largest absolute Gasteiger partial charge is 0.337 e. The number of nitrogens with zero attached hydrogens (tertiary/aromatic N) is 1. The van der Waals surface area contributed by atoms with Crippen molar-refractivity contribution in [1.29, 1.82) is 0 Å². The number of carbonyl (C=O) groups is 1. The van der Waals surface area contributed by atoms with Gasteiger partial charge in [0.1, 0.15) is 0 Å². The lowest BCUT2D eigenvalue weighted by atomic mass is 10.2. The van der Waals surface area contributed by atoms with Crippen LogP contribution in [0.2, 0.25) is 0 Å². The number of rotatable bonds is 3. The molecule has 2 rings (SSSR count). The SMILES string of the molecule is CC(C)Sc1ccc(C(=O)N2CCCNCC2)cc1. The topological polar surface area (TPSA) is 32.3 Å². The Bertz CT molecular complexity index is 409. The molecule has 1 saturated heterocycles. The molecule has 0 bridgehead atoms. The Morgan fingerprint density at radius 1 is 1.21 bits per heavy atom. The van der Waals surface area contributed by atoms with Crippen LogP contribution in [0.5, 0.6) is 0 Å². The molecule has 0 atom stereocenters. The number of thioether (sulfide) groups is 1. The lowest BCUT2D eigenvalue weighted by Crippen LogP contribution is -2.34. The van der Waals surface area contributed by atoms with Crippen molar-refractivity contribution in [3.63, 3.8) is 0 Å². The van der Waals surface area contributed by atoms with Crippen molar-refractivity contribution in [2.45, 2.75) is 30.4 Å². The average molecular weight is 278 g/mol. The van der Waals surface area contributed by atoms with E-state index in [4.69, 9.17) is 0 Å². The van der Waals surface area contributed by atoms with Gasteiger partial charge in [-0.2, -0.15) is 0 Å². The van der Waals surface area contributed by atoms with Gasteiger partial charge in [0.15, 0.2) is 0 Å². The van der Waals surface area contributed by atoms with Crippen LogP contribution in [-0.4, -0.2) is 42.2 Å². The normalized spacial score (nSPS) is 16.5. The van der Waals surface area contributed by atoms with E-state index < -0.39 is 0 Å². The molecule has 1 aromatic carbocycles. The highest BCUT2D eigenvalue weighted by Crippen LogP contribution is 2.23. The molecule has 3 nitrogen and oxygen atoms in total. The lowest BCUT2D eigenvalue weighted by molar-refractivity contribution is 0.0766. The minimum Gasteiger partial charge on any atom is -0.337 e. The Morgan fingerprint density at radius 2 is 1.95 bits per heavy atom. The van der Waals surface area contributed by atoms with Crippen LogP contribution in [0.4, 0.5) is 0 Å². The van der Waals surface area contributed by atoms with Gasteiger partial charge in [-0.1, -0.05) is 13.8 Å². The van der Waals surface area contributed by atoms with Gasteiger partial charge in [0.25, 0.3) is 5.91 Å². The Morgan fingerprint density at radius 3 is 2.63 bits per heavy atom. The zero-order valence-electron chi connectivity index (χ0n) is 11.7. The van der Waals surface area contributed by atoms with Gasteiger partial charge in [-0.15, -0.1) is 11.8 Å². The van der Waals surface area contributed by atoms with Crippen LogP contribution >= 0.6 is 11.8 Å². The van der Waals surface area contributed by atoms with E-state index in [-0.39, 0.29) is 5.91 Å². The molecule has 0 spiro atoms. The molecule has 1 amide bonds. The molecule has 1 N–H and O–H groups in total. The van der Waals surface area contributed by atoms with Crippen molar-refractivity contribution in [1.82, 2.24) is 10.2 Å². The summed E-state index contributed by atoms with van der Waals surface area (Å²) in [7, 11) is 0. The molecule has 1 aromatic rings. The monoisotopic (exact) mass is 278 g/mol.